The van der Waals surface area contributed by atoms with Crippen molar-refractivity contribution in [2.45, 2.75) is 26.9 Å². The molecular weight excluding hydrogens is 416 g/mol. The van der Waals surface area contributed by atoms with E-state index >= 15 is 0 Å². The summed E-state index contributed by atoms with van der Waals surface area (Å²) < 4.78 is 11.9. The predicted molar refractivity (Wildman–Crippen MR) is 116 cm³/mol. The van der Waals surface area contributed by atoms with Gasteiger partial charge in [0.2, 0.25) is 0 Å². The number of methoxy groups -OCH3 is 1. The van der Waals surface area contributed by atoms with E-state index in [9.17, 15) is 19.7 Å². The van der Waals surface area contributed by atoms with E-state index in [2.05, 4.69) is 10.4 Å². The monoisotopic (exact) mass is 438 g/mol. The first-order valence-electron chi connectivity index (χ1n) is 9.67. The fraction of sp³-hybridized carbons (Fsp3) is 0.227. The summed E-state index contributed by atoms with van der Waals surface area (Å²) in [5.41, 5.74) is 2.50. The summed E-state index contributed by atoms with van der Waals surface area (Å²) in [6, 6.07) is 12.6. The number of hydrogen-bond donors (Lipinski definition) is 1. The van der Waals surface area contributed by atoms with Crippen molar-refractivity contribution in [3.8, 4) is 11.4 Å². The molecule has 0 fully saturated rings. The minimum Gasteiger partial charge on any atom is -0.496 e. The van der Waals surface area contributed by atoms with Gasteiger partial charge in [-0.1, -0.05) is 0 Å². The highest BCUT2D eigenvalue weighted by atomic mass is 16.6. The number of anilines is 1. The number of ether oxygens (including phenoxy) is 2. The van der Waals surface area contributed by atoms with Gasteiger partial charge < -0.3 is 14.8 Å². The second-order valence-electron chi connectivity index (χ2n) is 7.06. The molecule has 1 heterocycles. The zero-order valence-corrected chi connectivity index (χ0v) is 18.0. The van der Waals surface area contributed by atoms with Crippen molar-refractivity contribution in [2.75, 3.05) is 12.4 Å². The van der Waals surface area contributed by atoms with Gasteiger partial charge in [0.1, 0.15) is 11.4 Å². The van der Waals surface area contributed by atoms with E-state index in [1.54, 1.807) is 28.9 Å². The van der Waals surface area contributed by atoms with Gasteiger partial charge in [0.05, 0.1) is 35.0 Å². The summed E-state index contributed by atoms with van der Waals surface area (Å²) in [5.74, 6) is -1.12. The van der Waals surface area contributed by atoms with E-state index in [4.69, 9.17) is 9.47 Å². The van der Waals surface area contributed by atoms with Crippen LogP contribution in [0.25, 0.3) is 5.69 Å². The van der Waals surface area contributed by atoms with Crippen LogP contribution >= 0.6 is 0 Å². The Kier molecular flexibility index (Phi) is 6.53. The molecule has 166 valence electrons. The maximum absolute atomic E-state index is 12.4. The molecule has 1 amide bonds. The Bertz CT molecular complexity index is 1170. The Balaban J connectivity index is 1.67. The normalized spacial score (nSPS) is 11.5. The van der Waals surface area contributed by atoms with Crippen LogP contribution in [0.15, 0.2) is 48.5 Å². The molecule has 3 aromatic rings. The van der Waals surface area contributed by atoms with Crippen molar-refractivity contribution >= 4 is 23.3 Å². The first kappa shape index (κ1) is 22.5. The molecule has 0 spiro atoms. The fourth-order valence-corrected chi connectivity index (χ4v) is 3.04. The largest absolute Gasteiger partial charge is 0.496 e. The van der Waals surface area contributed by atoms with E-state index in [0.29, 0.717) is 0 Å². The van der Waals surface area contributed by atoms with Gasteiger partial charge in [-0.3, -0.25) is 14.9 Å². The van der Waals surface area contributed by atoms with Gasteiger partial charge in [-0.25, -0.2) is 9.48 Å². The number of nitrogens with one attached hydrogen (secondary N) is 1. The van der Waals surface area contributed by atoms with Gasteiger partial charge in [-0.05, 0) is 63.2 Å². The lowest BCUT2D eigenvalue weighted by Crippen LogP contribution is -2.30. The van der Waals surface area contributed by atoms with E-state index in [1.165, 1.54) is 32.2 Å². The molecule has 0 aliphatic carbocycles. The second kappa shape index (κ2) is 9.29. The average molecular weight is 438 g/mol. The molecule has 10 heteroatoms. The van der Waals surface area contributed by atoms with Crippen LogP contribution in [0.2, 0.25) is 0 Å². The smallest absolute Gasteiger partial charge is 0.338 e. The Hall–Kier alpha value is -4.21. The molecule has 1 N–H and O–H groups in total. The molecule has 32 heavy (non-hydrogen) atoms. The maximum Gasteiger partial charge on any atom is 0.338 e. The number of nitrogens with zero attached hydrogens (tertiary/aromatic N) is 3. The SMILES string of the molecule is COc1ccc(NC(=O)C(C)OC(=O)c2ccc(-n3nc(C)cc3C)cc2)c([N+](=O)[O-])c1. The minimum atomic E-state index is -1.18. The van der Waals surface area contributed by atoms with Crippen molar-refractivity contribution in [1.82, 2.24) is 9.78 Å². The molecular formula is C22H22N4O6. The molecule has 10 nitrogen and oxygen atoms in total. The number of aryl methyl sites for hydroxylation is 2. The third-order valence-corrected chi connectivity index (χ3v) is 4.67. The number of benzene rings is 2. The lowest BCUT2D eigenvalue weighted by atomic mass is 10.2. The van der Waals surface area contributed by atoms with E-state index in [-0.39, 0.29) is 22.7 Å². The molecule has 0 bridgehead atoms. The highest BCUT2D eigenvalue weighted by Gasteiger charge is 2.23. The van der Waals surface area contributed by atoms with Crippen molar-refractivity contribution in [1.29, 1.82) is 0 Å². The highest BCUT2D eigenvalue weighted by Crippen LogP contribution is 2.29. The van der Waals surface area contributed by atoms with Gasteiger partial charge in [-0.15, -0.1) is 0 Å². The quantitative estimate of drug-likeness (QED) is 0.339. The summed E-state index contributed by atoms with van der Waals surface area (Å²) in [6.07, 6.45) is -1.18. The zero-order valence-electron chi connectivity index (χ0n) is 18.0. The van der Waals surface area contributed by atoms with Gasteiger partial charge in [-0.2, -0.15) is 5.10 Å². The Labute approximate surface area is 183 Å². The van der Waals surface area contributed by atoms with E-state index in [1.807, 2.05) is 19.9 Å². The number of nitro benzene ring substituents is 1. The number of carbonyl (C=O) groups excluding carboxylic acids is 2. The predicted octanol–water partition coefficient (Wildman–Crippen LogP) is 3.59. The number of esters is 1. The Morgan fingerprint density at radius 2 is 1.81 bits per heavy atom. The number of nitro groups is 1. The molecule has 1 atom stereocenters. The Morgan fingerprint density at radius 1 is 1.12 bits per heavy atom. The Morgan fingerprint density at radius 3 is 2.38 bits per heavy atom. The van der Waals surface area contributed by atoms with Crippen LogP contribution < -0.4 is 10.1 Å². The molecule has 1 aromatic heterocycles. The number of aromatic nitrogens is 2. The number of hydrogen-bond acceptors (Lipinski definition) is 7. The van der Waals surface area contributed by atoms with Crippen molar-refractivity contribution in [2.24, 2.45) is 0 Å². The zero-order chi connectivity index (χ0) is 23.4. The number of rotatable bonds is 7. The average Bonchev–Trinajstić information content (AvgIpc) is 3.11. The third-order valence-electron chi connectivity index (χ3n) is 4.67. The second-order valence-corrected chi connectivity index (χ2v) is 7.06. The van der Waals surface area contributed by atoms with Crippen LogP contribution in [0.5, 0.6) is 5.75 Å². The van der Waals surface area contributed by atoms with Crippen LogP contribution in [0.4, 0.5) is 11.4 Å². The number of amides is 1. The van der Waals surface area contributed by atoms with Gasteiger partial charge in [0, 0.05) is 5.69 Å². The van der Waals surface area contributed by atoms with Crippen molar-refractivity contribution < 1.29 is 24.0 Å². The topological polar surface area (TPSA) is 126 Å². The summed E-state index contributed by atoms with van der Waals surface area (Å²) in [5, 5.41) is 18.1. The molecule has 0 saturated heterocycles. The van der Waals surface area contributed by atoms with Crippen LogP contribution in [0.3, 0.4) is 0 Å². The van der Waals surface area contributed by atoms with Crippen LogP contribution in [-0.4, -0.2) is 39.8 Å². The van der Waals surface area contributed by atoms with Gasteiger partial charge in [0.15, 0.2) is 6.10 Å². The molecule has 0 saturated carbocycles. The third kappa shape index (κ3) is 4.91. The van der Waals surface area contributed by atoms with Crippen molar-refractivity contribution in [3.05, 3.63) is 75.6 Å². The van der Waals surface area contributed by atoms with E-state index < -0.39 is 22.9 Å². The molecule has 0 radical (unpaired) electrons. The molecule has 0 aliphatic heterocycles. The van der Waals surface area contributed by atoms with Crippen LogP contribution in [0, 0.1) is 24.0 Å². The molecule has 0 aliphatic rings. The summed E-state index contributed by atoms with van der Waals surface area (Å²) in [4.78, 5) is 35.5. The van der Waals surface area contributed by atoms with Gasteiger partial charge in [0.25, 0.3) is 11.6 Å². The minimum absolute atomic E-state index is 0.0297. The van der Waals surface area contributed by atoms with Crippen LogP contribution in [-0.2, 0) is 9.53 Å². The lowest BCUT2D eigenvalue weighted by Gasteiger charge is -2.14. The lowest BCUT2D eigenvalue weighted by molar-refractivity contribution is -0.384. The summed E-state index contributed by atoms with van der Waals surface area (Å²) >= 11 is 0. The number of carbonyl (C=O) groups is 2. The summed E-state index contributed by atoms with van der Waals surface area (Å²) in [6.45, 7) is 5.20. The molecule has 1 unspecified atom stereocenters. The van der Waals surface area contributed by atoms with Crippen molar-refractivity contribution in [3.63, 3.8) is 0 Å². The summed E-state index contributed by atoms with van der Waals surface area (Å²) in [7, 11) is 1.38. The molecule has 2 aromatic carbocycles. The van der Waals surface area contributed by atoms with E-state index in [0.717, 1.165) is 17.1 Å². The fourth-order valence-electron chi connectivity index (χ4n) is 3.04. The maximum atomic E-state index is 12.4. The van der Waals surface area contributed by atoms with Gasteiger partial charge >= 0.3 is 5.97 Å². The first-order valence-corrected chi connectivity index (χ1v) is 9.67. The first-order chi connectivity index (χ1) is 15.2. The molecule has 3 rings (SSSR count). The van der Waals surface area contributed by atoms with Crippen LogP contribution in [0.1, 0.15) is 28.7 Å². The standard InChI is InChI=1S/C22H22N4O6/c1-13-11-14(2)25(24-13)17-7-5-16(6-8-17)22(28)32-15(3)21(27)23-19-10-9-18(31-4)12-20(19)26(29)30/h5-12,15H,1-4H3,(H,23,27). The highest BCUT2D eigenvalue weighted by molar-refractivity contribution is 5.98.